The van der Waals surface area contributed by atoms with E-state index in [1.165, 1.54) is 0 Å². The zero-order valence-corrected chi connectivity index (χ0v) is 15.9. The Bertz CT molecular complexity index is 723. The van der Waals surface area contributed by atoms with Gasteiger partial charge in [0.25, 0.3) is 0 Å². The minimum atomic E-state index is 0.00453. The minimum Gasteiger partial charge on any atom is -0.493 e. The van der Waals surface area contributed by atoms with E-state index in [4.69, 9.17) is 14.2 Å². The molecule has 0 atom stereocenters. The Morgan fingerprint density at radius 2 is 1.69 bits per heavy atom. The summed E-state index contributed by atoms with van der Waals surface area (Å²) in [6, 6.07) is 11.7. The highest BCUT2D eigenvalue weighted by Gasteiger charge is 2.07. The van der Waals surface area contributed by atoms with Crippen molar-refractivity contribution >= 4 is 5.91 Å². The lowest BCUT2D eigenvalue weighted by molar-refractivity contribution is -0.121. The molecule has 0 saturated heterocycles. The van der Waals surface area contributed by atoms with Crippen LogP contribution in [0.4, 0.5) is 0 Å². The van der Waals surface area contributed by atoms with Crippen molar-refractivity contribution in [3.8, 4) is 17.2 Å². The molecule has 26 heavy (non-hydrogen) atoms. The number of methoxy groups -OCH3 is 2. The first kappa shape index (κ1) is 19.6. The molecule has 5 nitrogen and oxygen atoms in total. The molecule has 0 saturated carbocycles. The zero-order chi connectivity index (χ0) is 18.9. The van der Waals surface area contributed by atoms with Crippen molar-refractivity contribution in [2.24, 2.45) is 0 Å². The van der Waals surface area contributed by atoms with E-state index in [9.17, 15) is 4.79 Å². The highest BCUT2D eigenvalue weighted by atomic mass is 16.5. The van der Waals surface area contributed by atoms with Gasteiger partial charge >= 0.3 is 0 Å². The summed E-state index contributed by atoms with van der Waals surface area (Å²) in [5, 5.41) is 2.89. The molecule has 0 bridgehead atoms. The molecule has 0 aliphatic carbocycles. The third kappa shape index (κ3) is 5.41. The first-order valence-electron chi connectivity index (χ1n) is 8.71. The van der Waals surface area contributed by atoms with E-state index in [1.54, 1.807) is 14.2 Å². The quantitative estimate of drug-likeness (QED) is 0.699. The fourth-order valence-corrected chi connectivity index (χ4v) is 2.75. The number of carbonyl (C=O) groups excluding carboxylic acids is 1. The molecule has 2 rings (SSSR count). The van der Waals surface area contributed by atoms with Crippen LogP contribution in [0.5, 0.6) is 17.2 Å². The minimum absolute atomic E-state index is 0.00453. The molecule has 0 aliphatic heterocycles. The second-order valence-electron chi connectivity index (χ2n) is 6.11. The fourth-order valence-electron chi connectivity index (χ4n) is 2.75. The lowest BCUT2D eigenvalue weighted by atomic mass is 10.1. The second-order valence-corrected chi connectivity index (χ2v) is 6.11. The lowest BCUT2D eigenvalue weighted by Crippen LogP contribution is -2.28. The number of nitrogens with one attached hydrogen (secondary N) is 1. The maximum absolute atomic E-state index is 12.0. The number of amides is 1. The number of ether oxygens (including phenoxy) is 3. The number of hydrogen-bond acceptors (Lipinski definition) is 4. The molecular weight excluding hydrogens is 330 g/mol. The molecular formula is C21H27NO4. The van der Waals surface area contributed by atoms with Crippen molar-refractivity contribution in [1.82, 2.24) is 5.32 Å². The molecule has 0 fully saturated rings. The summed E-state index contributed by atoms with van der Waals surface area (Å²) in [5.74, 6) is 2.26. The molecule has 2 aromatic rings. The molecule has 0 radical (unpaired) electrons. The van der Waals surface area contributed by atoms with Gasteiger partial charge in [-0.2, -0.15) is 0 Å². The molecule has 2 aromatic carbocycles. The normalized spacial score (nSPS) is 10.3. The van der Waals surface area contributed by atoms with Crippen LogP contribution in [0.2, 0.25) is 0 Å². The van der Waals surface area contributed by atoms with Gasteiger partial charge in [-0.15, -0.1) is 0 Å². The van der Waals surface area contributed by atoms with E-state index < -0.39 is 0 Å². The van der Waals surface area contributed by atoms with Crippen LogP contribution in [0.15, 0.2) is 36.4 Å². The number of hydrogen-bond donors (Lipinski definition) is 1. The highest BCUT2D eigenvalue weighted by Crippen LogP contribution is 2.28. The largest absolute Gasteiger partial charge is 0.493 e. The van der Waals surface area contributed by atoms with E-state index in [2.05, 4.69) is 5.32 Å². The van der Waals surface area contributed by atoms with Gasteiger partial charge in [0.05, 0.1) is 20.8 Å². The Morgan fingerprint density at radius 1 is 1.00 bits per heavy atom. The van der Waals surface area contributed by atoms with Gasteiger partial charge in [-0.25, -0.2) is 0 Å². The Labute approximate surface area is 155 Å². The first-order valence-corrected chi connectivity index (χ1v) is 8.71. The van der Waals surface area contributed by atoms with Gasteiger partial charge in [-0.1, -0.05) is 24.3 Å². The molecule has 0 aliphatic rings. The standard InChI is InChI=1S/C21H27NO4/c1-15-6-5-7-16(2)21(15)26-13-12-22-20(23)11-9-17-8-10-18(24-3)19(14-17)25-4/h5-8,10,14H,9,11-13H2,1-4H3,(H,22,23). The first-order chi connectivity index (χ1) is 12.5. The maximum Gasteiger partial charge on any atom is 0.220 e. The SMILES string of the molecule is COc1ccc(CCC(=O)NCCOc2c(C)cccc2C)cc1OC. The van der Waals surface area contributed by atoms with Gasteiger partial charge in [0.2, 0.25) is 5.91 Å². The topological polar surface area (TPSA) is 56.8 Å². The fraction of sp³-hybridized carbons (Fsp3) is 0.381. The van der Waals surface area contributed by atoms with Crippen LogP contribution in [0.1, 0.15) is 23.1 Å². The smallest absolute Gasteiger partial charge is 0.220 e. The van der Waals surface area contributed by atoms with E-state index >= 15 is 0 Å². The van der Waals surface area contributed by atoms with Crippen LogP contribution in [-0.4, -0.2) is 33.3 Å². The second kappa shape index (κ2) is 9.70. The summed E-state index contributed by atoms with van der Waals surface area (Å²) >= 11 is 0. The average molecular weight is 357 g/mol. The van der Waals surface area contributed by atoms with Crippen molar-refractivity contribution in [2.75, 3.05) is 27.4 Å². The van der Waals surface area contributed by atoms with E-state index in [1.807, 2.05) is 50.2 Å². The molecule has 0 heterocycles. The Morgan fingerprint density at radius 3 is 2.35 bits per heavy atom. The number of aryl methyl sites for hydroxylation is 3. The molecule has 1 N–H and O–H groups in total. The third-order valence-corrected chi connectivity index (χ3v) is 4.17. The summed E-state index contributed by atoms with van der Waals surface area (Å²) in [5.41, 5.74) is 3.24. The van der Waals surface area contributed by atoms with Gasteiger partial charge in [-0.05, 0) is 49.1 Å². The van der Waals surface area contributed by atoms with Crippen LogP contribution >= 0.6 is 0 Å². The molecule has 1 amide bonds. The molecule has 5 heteroatoms. The lowest BCUT2D eigenvalue weighted by Gasteiger charge is -2.12. The number of rotatable bonds is 9. The molecule has 0 aromatic heterocycles. The predicted molar refractivity (Wildman–Crippen MR) is 102 cm³/mol. The van der Waals surface area contributed by atoms with Crippen molar-refractivity contribution in [3.05, 3.63) is 53.1 Å². The van der Waals surface area contributed by atoms with Gasteiger partial charge in [-0.3, -0.25) is 4.79 Å². The molecule has 0 spiro atoms. The maximum atomic E-state index is 12.0. The van der Waals surface area contributed by atoms with Crippen LogP contribution < -0.4 is 19.5 Å². The summed E-state index contributed by atoms with van der Waals surface area (Å²) < 4.78 is 16.3. The van der Waals surface area contributed by atoms with Crippen molar-refractivity contribution in [2.45, 2.75) is 26.7 Å². The summed E-state index contributed by atoms with van der Waals surface area (Å²) in [7, 11) is 3.20. The van der Waals surface area contributed by atoms with Crippen LogP contribution in [0.25, 0.3) is 0 Å². The Hall–Kier alpha value is -2.69. The molecule has 0 unspecified atom stereocenters. The highest BCUT2D eigenvalue weighted by molar-refractivity contribution is 5.76. The van der Waals surface area contributed by atoms with Crippen LogP contribution in [-0.2, 0) is 11.2 Å². The average Bonchev–Trinajstić information content (AvgIpc) is 2.65. The van der Waals surface area contributed by atoms with Crippen molar-refractivity contribution < 1.29 is 19.0 Å². The number of carbonyl (C=O) groups is 1. The van der Waals surface area contributed by atoms with Gasteiger partial charge < -0.3 is 19.5 Å². The zero-order valence-electron chi connectivity index (χ0n) is 15.9. The van der Waals surface area contributed by atoms with Crippen molar-refractivity contribution in [1.29, 1.82) is 0 Å². The number of para-hydroxylation sites is 1. The van der Waals surface area contributed by atoms with Gasteiger partial charge in [0.15, 0.2) is 11.5 Å². The summed E-state index contributed by atoms with van der Waals surface area (Å²) in [6.07, 6.45) is 1.06. The van der Waals surface area contributed by atoms with Gasteiger partial charge in [0.1, 0.15) is 12.4 Å². The predicted octanol–water partition coefficient (Wildman–Crippen LogP) is 3.45. The van der Waals surface area contributed by atoms with Crippen LogP contribution in [0.3, 0.4) is 0 Å². The summed E-state index contributed by atoms with van der Waals surface area (Å²) in [6.45, 7) is 4.97. The molecule has 140 valence electrons. The third-order valence-electron chi connectivity index (χ3n) is 4.17. The summed E-state index contributed by atoms with van der Waals surface area (Å²) in [4.78, 5) is 12.0. The Balaban J connectivity index is 1.74. The van der Waals surface area contributed by atoms with Crippen LogP contribution in [0, 0.1) is 13.8 Å². The number of benzene rings is 2. The van der Waals surface area contributed by atoms with E-state index in [0.29, 0.717) is 37.5 Å². The Kier molecular flexibility index (Phi) is 7.33. The monoisotopic (exact) mass is 357 g/mol. The van der Waals surface area contributed by atoms with Gasteiger partial charge in [0, 0.05) is 6.42 Å². The van der Waals surface area contributed by atoms with E-state index in [-0.39, 0.29) is 5.91 Å². The van der Waals surface area contributed by atoms with E-state index in [0.717, 1.165) is 22.4 Å². The van der Waals surface area contributed by atoms with Crippen molar-refractivity contribution in [3.63, 3.8) is 0 Å².